The molecule has 0 aromatic carbocycles. The largest absolute Gasteiger partial charge is 0.329 e. The first-order valence-electron chi connectivity index (χ1n) is 8.87. The zero-order chi connectivity index (χ0) is 15.2. The summed E-state index contributed by atoms with van der Waals surface area (Å²) >= 11 is 0. The first-order valence-corrected chi connectivity index (χ1v) is 8.87. The first kappa shape index (κ1) is 18.0. The fraction of sp³-hybridized carbons (Fsp3) is 1.00. The fourth-order valence-corrected chi connectivity index (χ4v) is 3.68. The van der Waals surface area contributed by atoms with Gasteiger partial charge in [0, 0.05) is 12.1 Å². The lowest BCUT2D eigenvalue weighted by Gasteiger charge is -2.50. The van der Waals surface area contributed by atoms with Crippen LogP contribution in [0, 0.1) is 17.8 Å². The van der Waals surface area contributed by atoms with Gasteiger partial charge in [0.25, 0.3) is 0 Å². The van der Waals surface area contributed by atoms with Crippen molar-refractivity contribution in [3.05, 3.63) is 0 Å². The number of hydrogen-bond acceptors (Lipinski definition) is 2. The maximum Gasteiger partial charge on any atom is 0.0357 e. The Morgan fingerprint density at radius 1 is 1.05 bits per heavy atom. The summed E-state index contributed by atoms with van der Waals surface area (Å²) in [5.74, 6) is 2.32. The van der Waals surface area contributed by atoms with Gasteiger partial charge in [-0.05, 0) is 56.5 Å². The molecule has 2 heteroatoms. The highest BCUT2D eigenvalue weighted by molar-refractivity contribution is 4.98. The molecule has 1 rings (SSSR count). The van der Waals surface area contributed by atoms with Crippen LogP contribution in [0.2, 0.25) is 0 Å². The third-order valence-electron chi connectivity index (χ3n) is 5.35. The van der Waals surface area contributed by atoms with Crippen molar-refractivity contribution in [3.63, 3.8) is 0 Å². The van der Waals surface area contributed by atoms with Gasteiger partial charge >= 0.3 is 0 Å². The van der Waals surface area contributed by atoms with Gasteiger partial charge in [-0.1, -0.05) is 47.5 Å². The van der Waals surface area contributed by atoms with E-state index in [9.17, 15) is 0 Å². The standard InChI is InChI=1S/C18H38N2/c1-15(2)9-12-20(13-10-16(3)4)18(14-19)11-7-6-8-17(18)5/h15-17H,6-14,19H2,1-5H3. The van der Waals surface area contributed by atoms with Gasteiger partial charge in [-0.2, -0.15) is 0 Å². The maximum atomic E-state index is 6.30. The second-order valence-corrected chi connectivity index (χ2v) is 7.81. The van der Waals surface area contributed by atoms with Gasteiger partial charge in [0.2, 0.25) is 0 Å². The van der Waals surface area contributed by atoms with E-state index < -0.39 is 0 Å². The molecular formula is C18H38N2. The predicted octanol–water partition coefficient (Wildman–Crippen LogP) is 4.29. The molecular weight excluding hydrogens is 244 g/mol. The van der Waals surface area contributed by atoms with Gasteiger partial charge in [-0.15, -0.1) is 0 Å². The van der Waals surface area contributed by atoms with Crippen molar-refractivity contribution < 1.29 is 0 Å². The zero-order valence-corrected chi connectivity index (χ0v) is 14.6. The first-order chi connectivity index (χ1) is 9.42. The van der Waals surface area contributed by atoms with Crippen molar-refractivity contribution in [2.24, 2.45) is 23.5 Å². The SMILES string of the molecule is CC(C)CCN(CCC(C)C)C1(CN)CCCCC1C. The van der Waals surface area contributed by atoms with Crippen molar-refractivity contribution >= 4 is 0 Å². The van der Waals surface area contributed by atoms with Crippen LogP contribution in [0.4, 0.5) is 0 Å². The van der Waals surface area contributed by atoms with Crippen molar-refractivity contribution in [1.29, 1.82) is 0 Å². The van der Waals surface area contributed by atoms with Gasteiger partial charge in [-0.25, -0.2) is 0 Å². The maximum absolute atomic E-state index is 6.30. The molecule has 0 heterocycles. The van der Waals surface area contributed by atoms with E-state index in [1.807, 2.05) is 0 Å². The quantitative estimate of drug-likeness (QED) is 0.719. The summed E-state index contributed by atoms with van der Waals surface area (Å²) in [6.07, 6.45) is 8.02. The third kappa shape index (κ3) is 4.73. The molecule has 20 heavy (non-hydrogen) atoms. The zero-order valence-electron chi connectivity index (χ0n) is 14.6. The summed E-state index contributed by atoms with van der Waals surface area (Å²) in [6.45, 7) is 15.1. The molecule has 0 aromatic heterocycles. The van der Waals surface area contributed by atoms with Crippen molar-refractivity contribution in [1.82, 2.24) is 4.90 Å². The second kappa shape index (κ2) is 8.38. The Morgan fingerprint density at radius 3 is 2.00 bits per heavy atom. The third-order valence-corrected chi connectivity index (χ3v) is 5.35. The van der Waals surface area contributed by atoms with E-state index in [2.05, 4.69) is 39.5 Å². The Balaban J connectivity index is 2.80. The molecule has 120 valence electrons. The summed E-state index contributed by atoms with van der Waals surface area (Å²) < 4.78 is 0. The van der Waals surface area contributed by atoms with Gasteiger partial charge in [0.05, 0.1) is 0 Å². The predicted molar refractivity (Wildman–Crippen MR) is 89.9 cm³/mol. The van der Waals surface area contributed by atoms with Crippen molar-refractivity contribution in [3.8, 4) is 0 Å². The van der Waals surface area contributed by atoms with Crippen LogP contribution < -0.4 is 5.73 Å². The second-order valence-electron chi connectivity index (χ2n) is 7.81. The summed E-state index contributed by atoms with van der Waals surface area (Å²) in [5, 5.41) is 0. The van der Waals surface area contributed by atoms with E-state index in [1.165, 1.54) is 51.6 Å². The molecule has 0 bridgehead atoms. The molecule has 2 atom stereocenters. The van der Waals surface area contributed by atoms with Crippen LogP contribution in [0.25, 0.3) is 0 Å². The van der Waals surface area contributed by atoms with E-state index >= 15 is 0 Å². The van der Waals surface area contributed by atoms with Crippen LogP contribution in [-0.2, 0) is 0 Å². The van der Waals surface area contributed by atoms with Crippen LogP contribution in [0.1, 0.15) is 73.1 Å². The molecule has 0 saturated heterocycles. The highest BCUT2D eigenvalue weighted by atomic mass is 15.2. The molecule has 2 unspecified atom stereocenters. The molecule has 2 N–H and O–H groups in total. The minimum atomic E-state index is 0.280. The lowest BCUT2D eigenvalue weighted by Crippen LogP contribution is -2.60. The number of hydrogen-bond donors (Lipinski definition) is 1. The molecule has 1 aliphatic rings. The van der Waals surface area contributed by atoms with Crippen LogP contribution in [0.5, 0.6) is 0 Å². The summed E-state index contributed by atoms with van der Waals surface area (Å²) in [5.41, 5.74) is 6.58. The Morgan fingerprint density at radius 2 is 1.60 bits per heavy atom. The van der Waals surface area contributed by atoms with Gasteiger partial charge < -0.3 is 5.73 Å². The molecule has 0 radical (unpaired) electrons. The molecule has 1 saturated carbocycles. The van der Waals surface area contributed by atoms with E-state index in [-0.39, 0.29) is 5.54 Å². The number of nitrogens with zero attached hydrogens (tertiary/aromatic N) is 1. The molecule has 1 aliphatic carbocycles. The van der Waals surface area contributed by atoms with Crippen LogP contribution in [-0.4, -0.2) is 30.1 Å². The van der Waals surface area contributed by atoms with Crippen LogP contribution >= 0.6 is 0 Å². The van der Waals surface area contributed by atoms with Crippen LogP contribution in [0.15, 0.2) is 0 Å². The van der Waals surface area contributed by atoms with E-state index in [0.717, 1.165) is 24.3 Å². The minimum Gasteiger partial charge on any atom is -0.329 e. The monoisotopic (exact) mass is 282 g/mol. The number of rotatable bonds is 8. The Bertz CT molecular complexity index is 250. The molecule has 0 aromatic rings. The lowest BCUT2D eigenvalue weighted by molar-refractivity contribution is 0.00702. The molecule has 0 amide bonds. The van der Waals surface area contributed by atoms with Gasteiger partial charge in [0.15, 0.2) is 0 Å². The molecule has 2 nitrogen and oxygen atoms in total. The average Bonchev–Trinajstić information content (AvgIpc) is 2.39. The van der Waals surface area contributed by atoms with Crippen LogP contribution in [0.3, 0.4) is 0 Å². The highest BCUT2D eigenvalue weighted by Crippen LogP contribution is 2.38. The summed E-state index contributed by atoms with van der Waals surface area (Å²) in [4.78, 5) is 2.77. The number of nitrogens with two attached hydrogens (primary N) is 1. The molecule has 0 aliphatic heterocycles. The normalized spacial score (nSPS) is 27.8. The topological polar surface area (TPSA) is 29.3 Å². The smallest absolute Gasteiger partial charge is 0.0357 e. The Kier molecular flexibility index (Phi) is 7.53. The molecule has 1 fully saturated rings. The van der Waals surface area contributed by atoms with E-state index in [1.54, 1.807) is 0 Å². The minimum absolute atomic E-state index is 0.280. The Hall–Kier alpha value is -0.0800. The van der Waals surface area contributed by atoms with Gasteiger partial charge in [-0.3, -0.25) is 4.90 Å². The average molecular weight is 283 g/mol. The lowest BCUT2D eigenvalue weighted by atomic mass is 9.72. The summed E-state index contributed by atoms with van der Waals surface area (Å²) in [6, 6.07) is 0. The van der Waals surface area contributed by atoms with Gasteiger partial charge in [0.1, 0.15) is 0 Å². The summed E-state index contributed by atoms with van der Waals surface area (Å²) in [7, 11) is 0. The molecule has 0 spiro atoms. The van der Waals surface area contributed by atoms with E-state index in [4.69, 9.17) is 5.73 Å². The highest BCUT2D eigenvalue weighted by Gasteiger charge is 2.41. The van der Waals surface area contributed by atoms with Crippen molar-refractivity contribution in [2.75, 3.05) is 19.6 Å². The van der Waals surface area contributed by atoms with Crippen molar-refractivity contribution in [2.45, 2.75) is 78.7 Å². The van der Waals surface area contributed by atoms with E-state index in [0.29, 0.717) is 0 Å². The fourth-order valence-electron chi connectivity index (χ4n) is 3.68. The Labute approximate surface area is 127 Å².